The Morgan fingerprint density at radius 1 is 1.26 bits per heavy atom. The number of rotatable bonds is 5. The third-order valence-corrected chi connectivity index (χ3v) is 5.03. The molecule has 142 valence electrons. The Balaban J connectivity index is 1.53. The van der Waals surface area contributed by atoms with E-state index in [2.05, 4.69) is 20.2 Å². The molecule has 0 aliphatic carbocycles. The van der Waals surface area contributed by atoms with E-state index in [0.29, 0.717) is 0 Å². The Labute approximate surface area is 158 Å². The first kappa shape index (κ1) is 17.8. The van der Waals surface area contributed by atoms with Crippen molar-refractivity contribution in [1.29, 1.82) is 0 Å². The van der Waals surface area contributed by atoms with Crippen molar-refractivity contribution in [2.24, 2.45) is 0 Å². The Morgan fingerprint density at radius 2 is 2.07 bits per heavy atom. The van der Waals surface area contributed by atoms with Gasteiger partial charge >= 0.3 is 0 Å². The highest BCUT2D eigenvalue weighted by Crippen LogP contribution is 2.26. The number of aromatic amines is 1. The number of methoxy groups -OCH3 is 1. The standard InChI is InChI=1S/C20H25N5O2/c1-14(26)19-10-17-13-24(8-3-9-25(17)23-19)12-16-11-21-22-20(16)15-4-6-18(27-2)7-5-15/h4-7,10-11,14,26H,3,8-9,12-13H2,1-2H3,(H,21,22). The van der Waals surface area contributed by atoms with Gasteiger partial charge in [0.2, 0.25) is 0 Å². The summed E-state index contributed by atoms with van der Waals surface area (Å²) in [6.07, 6.45) is 2.40. The number of hydrogen-bond acceptors (Lipinski definition) is 5. The van der Waals surface area contributed by atoms with Crippen LogP contribution in [0.15, 0.2) is 36.5 Å². The van der Waals surface area contributed by atoms with Crippen LogP contribution in [0.1, 0.15) is 36.4 Å². The summed E-state index contributed by atoms with van der Waals surface area (Å²) in [5.74, 6) is 0.842. The summed E-state index contributed by atoms with van der Waals surface area (Å²) in [5, 5.41) is 21.7. The number of ether oxygens (including phenoxy) is 1. The molecule has 0 amide bonds. The second kappa shape index (κ2) is 7.54. The number of nitrogens with zero attached hydrogens (tertiary/aromatic N) is 4. The van der Waals surface area contributed by atoms with Gasteiger partial charge in [0.05, 0.1) is 36.5 Å². The van der Waals surface area contributed by atoms with E-state index in [0.717, 1.165) is 61.0 Å². The minimum Gasteiger partial charge on any atom is -0.497 e. The van der Waals surface area contributed by atoms with Gasteiger partial charge < -0.3 is 9.84 Å². The molecule has 4 rings (SSSR count). The first-order chi connectivity index (χ1) is 13.1. The zero-order chi connectivity index (χ0) is 18.8. The van der Waals surface area contributed by atoms with Crippen LogP contribution in [0, 0.1) is 0 Å². The van der Waals surface area contributed by atoms with Gasteiger partial charge in [0.15, 0.2) is 0 Å². The van der Waals surface area contributed by atoms with E-state index >= 15 is 0 Å². The first-order valence-electron chi connectivity index (χ1n) is 9.28. The van der Waals surface area contributed by atoms with Gasteiger partial charge in [0.1, 0.15) is 5.75 Å². The molecule has 7 heteroatoms. The van der Waals surface area contributed by atoms with Crippen molar-refractivity contribution in [3.63, 3.8) is 0 Å². The van der Waals surface area contributed by atoms with E-state index < -0.39 is 6.10 Å². The molecule has 0 spiro atoms. The fourth-order valence-electron chi connectivity index (χ4n) is 3.57. The maximum atomic E-state index is 9.81. The van der Waals surface area contributed by atoms with Crippen LogP contribution in [0.25, 0.3) is 11.3 Å². The van der Waals surface area contributed by atoms with Crippen LogP contribution < -0.4 is 4.74 Å². The molecule has 27 heavy (non-hydrogen) atoms. The Kier molecular flexibility index (Phi) is 4.96. The molecule has 2 aromatic heterocycles. The monoisotopic (exact) mass is 367 g/mol. The summed E-state index contributed by atoms with van der Waals surface area (Å²) in [7, 11) is 1.67. The van der Waals surface area contributed by atoms with Crippen LogP contribution >= 0.6 is 0 Å². The zero-order valence-corrected chi connectivity index (χ0v) is 15.7. The van der Waals surface area contributed by atoms with E-state index in [1.54, 1.807) is 14.0 Å². The van der Waals surface area contributed by atoms with Gasteiger partial charge in [0, 0.05) is 37.3 Å². The molecule has 0 fully saturated rings. The predicted molar refractivity (Wildman–Crippen MR) is 102 cm³/mol. The Bertz CT molecular complexity index is 897. The van der Waals surface area contributed by atoms with E-state index in [1.807, 2.05) is 41.2 Å². The van der Waals surface area contributed by atoms with Crippen molar-refractivity contribution in [1.82, 2.24) is 24.9 Å². The topological polar surface area (TPSA) is 79.2 Å². The summed E-state index contributed by atoms with van der Waals surface area (Å²) >= 11 is 0. The zero-order valence-electron chi connectivity index (χ0n) is 15.7. The van der Waals surface area contributed by atoms with E-state index in [-0.39, 0.29) is 0 Å². The number of hydrogen-bond donors (Lipinski definition) is 2. The molecule has 0 bridgehead atoms. The number of nitrogens with one attached hydrogen (secondary N) is 1. The Morgan fingerprint density at radius 3 is 2.81 bits per heavy atom. The molecule has 7 nitrogen and oxygen atoms in total. The molecular formula is C20H25N5O2. The maximum absolute atomic E-state index is 9.81. The van der Waals surface area contributed by atoms with Crippen LogP contribution in [-0.2, 0) is 19.6 Å². The lowest BCUT2D eigenvalue weighted by atomic mass is 10.1. The largest absolute Gasteiger partial charge is 0.497 e. The molecule has 1 aliphatic rings. The van der Waals surface area contributed by atoms with Crippen LogP contribution in [0.2, 0.25) is 0 Å². The van der Waals surface area contributed by atoms with Crippen LogP contribution in [0.4, 0.5) is 0 Å². The second-order valence-electron chi connectivity index (χ2n) is 7.02. The average molecular weight is 367 g/mol. The van der Waals surface area contributed by atoms with Gasteiger partial charge in [-0.05, 0) is 43.7 Å². The van der Waals surface area contributed by atoms with Crippen molar-refractivity contribution in [3.05, 3.63) is 53.5 Å². The van der Waals surface area contributed by atoms with Crippen molar-refractivity contribution >= 4 is 0 Å². The minimum atomic E-state index is -0.534. The summed E-state index contributed by atoms with van der Waals surface area (Å²) in [5.41, 5.74) is 5.20. The number of fused-ring (bicyclic) bond motifs is 1. The van der Waals surface area contributed by atoms with Gasteiger partial charge in [-0.1, -0.05) is 0 Å². The SMILES string of the molecule is COc1ccc(-c2[nH]ncc2CN2CCCn3nc(C(C)O)cc3C2)cc1. The van der Waals surface area contributed by atoms with E-state index in [9.17, 15) is 5.11 Å². The smallest absolute Gasteiger partial charge is 0.118 e. The molecule has 0 saturated carbocycles. The van der Waals surface area contributed by atoms with Gasteiger partial charge in [-0.2, -0.15) is 10.2 Å². The molecule has 0 saturated heterocycles. The summed E-state index contributed by atoms with van der Waals surface area (Å²) in [6, 6.07) is 10.0. The lowest BCUT2D eigenvalue weighted by Crippen LogP contribution is -2.22. The van der Waals surface area contributed by atoms with Crippen molar-refractivity contribution in [2.45, 2.75) is 39.1 Å². The first-order valence-corrected chi connectivity index (χ1v) is 9.28. The fourth-order valence-corrected chi connectivity index (χ4v) is 3.57. The predicted octanol–water partition coefficient (Wildman–Crippen LogP) is 2.74. The van der Waals surface area contributed by atoms with E-state index in [4.69, 9.17) is 4.74 Å². The number of H-pyrrole nitrogens is 1. The fraction of sp³-hybridized carbons (Fsp3) is 0.400. The number of aromatic nitrogens is 4. The molecule has 3 heterocycles. The molecule has 1 unspecified atom stereocenters. The Hall–Kier alpha value is -2.64. The quantitative estimate of drug-likeness (QED) is 0.725. The lowest BCUT2D eigenvalue weighted by molar-refractivity contribution is 0.193. The summed E-state index contributed by atoms with van der Waals surface area (Å²) < 4.78 is 7.27. The van der Waals surface area contributed by atoms with Gasteiger partial charge in [-0.25, -0.2) is 0 Å². The van der Waals surface area contributed by atoms with Gasteiger partial charge in [-0.3, -0.25) is 14.7 Å². The maximum Gasteiger partial charge on any atom is 0.118 e. The third kappa shape index (κ3) is 3.74. The molecular weight excluding hydrogens is 342 g/mol. The highest BCUT2D eigenvalue weighted by Gasteiger charge is 2.20. The van der Waals surface area contributed by atoms with Crippen LogP contribution in [-0.4, -0.2) is 43.6 Å². The van der Waals surface area contributed by atoms with E-state index in [1.165, 1.54) is 5.56 Å². The molecule has 1 aliphatic heterocycles. The highest BCUT2D eigenvalue weighted by molar-refractivity contribution is 5.63. The van der Waals surface area contributed by atoms with Gasteiger partial charge in [-0.15, -0.1) is 0 Å². The average Bonchev–Trinajstić information content (AvgIpc) is 3.25. The number of benzene rings is 1. The normalized spacial score (nSPS) is 16.0. The summed E-state index contributed by atoms with van der Waals surface area (Å²) in [6.45, 7) is 5.27. The number of aliphatic hydroxyl groups excluding tert-OH is 1. The molecule has 3 aromatic rings. The van der Waals surface area contributed by atoms with Crippen LogP contribution in [0.3, 0.4) is 0 Å². The lowest BCUT2D eigenvalue weighted by Gasteiger charge is -2.19. The molecule has 1 atom stereocenters. The second-order valence-corrected chi connectivity index (χ2v) is 7.02. The number of aliphatic hydroxyl groups is 1. The van der Waals surface area contributed by atoms with Crippen molar-refractivity contribution < 1.29 is 9.84 Å². The molecule has 2 N–H and O–H groups in total. The third-order valence-electron chi connectivity index (χ3n) is 5.03. The van der Waals surface area contributed by atoms with Crippen LogP contribution in [0.5, 0.6) is 5.75 Å². The summed E-state index contributed by atoms with van der Waals surface area (Å²) in [4.78, 5) is 2.41. The van der Waals surface area contributed by atoms with Crippen molar-refractivity contribution in [3.8, 4) is 17.0 Å². The minimum absolute atomic E-state index is 0.534. The van der Waals surface area contributed by atoms with Gasteiger partial charge in [0.25, 0.3) is 0 Å². The molecule has 0 radical (unpaired) electrons. The number of aryl methyl sites for hydroxylation is 1. The molecule has 1 aromatic carbocycles. The van der Waals surface area contributed by atoms with Crippen molar-refractivity contribution in [2.75, 3.05) is 13.7 Å². The highest BCUT2D eigenvalue weighted by atomic mass is 16.5.